The number of ketones is 2. The molecule has 4 N–H and O–H groups in total. The molecule has 4 aliphatic heterocycles. The van der Waals surface area contributed by atoms with Crippen LogP contribution in [-0.4, -0.2) is 153 Å². The van der Waals surface area contributed by atoms with Gasteiger partial charge in [-0.1, -0.05) is 32.9 Å². The average molecular weight is 958 g/mol. The van der Waals surface area contributed by atoms with Crippen molar-refractivity contribution in [1.82, 2.24) is 9.80 Å². The maximum atomic E-state index is 14.3. The number of phenolic OH excluding ortho intramolecular Hbond substituents is 2. The van der Waals surface area contributed by atoms with Gasteiger partial charge in [0.25, 0.3) is 0 Å². The predicted octanol–water partition coefficient (Wildman–Crippen LogP) is 2.63. The van der Waals surface area contributed by atoms with Gasteiger partial charge in [-0.3, -0.25) is 19.2 Å². The predicted molar refractivity (Wildman–Crippen MR) is 242 cm³/mol. The molecule has 0 saturated carbocycles. The highest BCUT2D eigenvalue weighted by molar-refractivity contribution is 6.34. The summed E-state index contributed by atoms with van der Waals surface area (Å²) in [5.41, 5.74) is 1.83. The van der Waals surface area contributed by atoms with Crippen LogP contribution in [0, 0.1) is 43.3 Å². The van der Waals surface area contributed by atoms with E-state index in [0.717, 1.165) is 0 Å². The first-order valence-corrected chi connectivity index (χ1v) is 22.5. The fraction of sp³-hybridized carbons (Fsp3) is 0.551. The van der Waals surface area contributed by atoms with Crippen LogP contribution in [-0.2, 0) is 19.2 Å². The van der Waals surface area contributed by atoms with Crippen molar-refractivity contribution in [3.05, 3.63) is 79.9 Å². The molecule has 67 heavy (non-hydrogen) atoms. The minimum absolute atomic E-state index is 0. The molecule has 2 fully saturated rings. The van der Waals surface area contributed by atoms with Crippen LogP contribution in [0.15, 0.2) is 46.8 Å². The fourth-order valence-electron chi connectivity index (χ4n) is 10.2. The summed E-state index contributed by atoms with van der Waals surface area (Å²) < 4.78 is 15.1. The Bertz CT molecular complexity index is 2230. The number of quaternary nitrogens is 2. The molecule has 2 aromatic carbocycles. The molecule has 0 spiro atoms. The topological polar surface area (TPSA) is 236 Å². The molecule has 0 aliphatic carbocycles. The highest BCUT2D eigenvalue weighted by atomic mass is 35.5. The lowest BCUT2D eigenvalue weighted by molar-refractivity contribution is -0.886. The number of β-lactam (4-membered cyclic amide) rings is 2. The number of hydrogen-bond donors (Lipinski definition) is 4. The van der Waals surface area contributed by atoms with E-state index >= 15 is 0 Å². The first kappa shape index (κ1) is 54.4. The smallest absolute Gasteiger partial charge is 0.235 e. The van der Waals surface area contributed by atoms with Crippen molar-refractivity contribution in [2.75, 3.05) is 54.4 Å². The molecule has 2 saturated heterocycles. The number of carbonyl (C=O) groups is 6. The van der Waals surface area contributed by atoms with E-state index in [4.69, 9.17) is 11.6 Å². The quantitative estimate of drug-likeness (QED) is 0.0960. The Morgan fingerprint density at radius 1 is 0.701 bits per heavy atom. The van der Waals surface area contributed by atoms with Crippen LogP contribution in [0.1, 0.15) is 92.6 Å². The Labute approximate surface area is 396 Å². The van der Waals surface area contributed by atoms with E-state index in [-0.39, 0.29) is 94.7 Å². The zero-order valence-corrected chi connectivity index (χ0v) is 39.9. The molecule has 368 valence electrons. The summed E-state index contributed by atoms with van der Waals surface area (Å²) in [6, 6.07) is 4.77. The fourth-order valence-corrected chi connectivity index (χ4v) is 10.4. The first-order valence-electron chi connectivity index (χ1n) is 22.1. The number of aliphatic hydroxyl groups is 2. The van der Waals surface area contributed by atoms with E-state index in [2.05, 4.69) is 0 Å². The molecule has 6 rings (SSSR count). The van der Waals surface area contributed by atoms with Crippen molar-refractivity contribution in [3.63, 3.8) is 0 Å². The van der Waals surface area contributed by atoms with Gasteiger partial charge in [-0.2, -0.15) is 0 Å². The SMILES string of the molecule is C.Cc1c(O)ccc(C(=O)CCC[N+](C)(C)CC2=C(C(=O)[O-])N3C(=O)[C@H]([C@@H](C)O)[C@H]3[C@H]2C)c1Cl.Cc1c(O)ccc(C(=O)CCC[N+](C)(C)CC2=C(C(=O)[O-])N3C(=O)[C@H]([C@@H](C)O)[C@H]3[C@H]2C)c1F. The summed E-state index contributed by atoms with van der Waals surface area (Å²) in [5.74, 6) is -6.67. The Morgan fingerprint density at radius 3 is 1.43 bits per heavy atom. The number of carboxylic acid groups (broad SMARTS) is 2. The number of carboxylic acids is 2. The molecule has 2 aromatic rings. The number of aliphatic hydroxyl groups excluding tert-OH is 2. The van der Waals surface area contributed by atoms with Crippen LogP contribution in [0.4, 0.5) is 4.39 Å². The maximum absolute atomic E-state index is 14.3. The number of halogens is 2. The van der Waals surface area contributed by atoms with E-state index in [1.54, 1.807) is 13.8 Å². The van der Waals surface area contributed by atoms with Gasteiger partial charge in [0.05, 0.1) is 111 Å². The third-order valence-corrected chi connectivity index (χ3v) is 14.4. The molecule has 4 heterocycles. The minimum Gasteiger partial charge on any atom is -0.543 e. The lowest BCUT2D eigenvalue weighted by atomic mass is 9.77. The van der Waals surface area contributed by atoms with Gasteiger partial charge in [-0.25, -0.2) is 4.39 Å². The highest BCUT2D eigenvalue weighted by Crippen LogP contribution is 2.48. The van der Waals surface area contributed by atoms with Crippen molar-refractivity contribution in [2.45, 2.75) is 98.9 Å². The third kappa shape index (κ3) is 10.6. The van der Waals surface area contributed by atoms with Gasteiger partial charge in [0, 0.05) is 65.4 Å². The van der Waals surface area contributed by atoms with Crippen molar-refractivity contribution in [3.8, 4) is 11.5 Å². The Morgan fingerprint density at radius 2 is 1.06 bits per heavy atom. The lowest BCUT2D eigenvalue weighted by Crippen LogP contribution is -2.64. The van der Waals surface area contributed by atoms with Gasteiger partial charge in [0.15, 0.2) is 11.6 Å². The van der Waals surface area contributed by atoms with E-state index < -0.39 is 53.7 Å². The molecule has 8 atom stereocenters. The number of amides is 2. The number of likely N-dealkylation sites (N-methyl/N-ethyl adjacent to an activating group) is 2. The maximum Gasteiger partial charge on any atom is 0.235 e. The Kier molecular flexibility index (Phi) is 16.7. The minimum atomic E-state index is -1.41. The van der Waals surface area contributed by atoms with E-state index in [1.165, 1.54) is 47.9 Å². The number of aromatic hydroxyl groups is 2. The van der Waals surface area contributed by atoms with Crippen LogP contribution in [0.25, 0.3) is 0 Å². The van der Waals surface area contributed by atoms with E-state index in [0.29, 0.717) is 70.3 Å². The van der Waals surface area contributed by atoms with Crippen LogP contribution >= 0.6 is 11.6 Å². The molecular formula is C49H66ClFN4O12. The van der Waals surface area contributed by atoms with Gasteiger partial charge in [-0.05, 0) is 52.0 Å². The second-order valence-electron chi connectivity index (χ2n) is 19.7. The molecule has 0 radical (unpaired) electrons. The molecule has 0 aromatic heterocycles. The molecule has 16 nitrogen and oxygen atoms in total. The van der Waals surface area contributed by atoms with Crippen molar-refractivity contribution in [2.24, 2.45) is 23.7 Å². The van der Waals surface area contributed by atoms with Gasteiger partial charge >= 0.3 is 0 Å². The van der Waals surface area contributed by atoms with E-state index in [9.17, 15) is 63.8 Å². The largest absolute Gasteiger partial charge is 0.543 e. The number of nitrogens with zero attached hydrogens (tertiary/aromatic N) is 4. The van der Waals surface area contributed by atoms with Crippen molar-refractivity contribution in [1.29, 1.82) is 0 Å². The molecular weight excluding hydrogens is 891 g/mol. The highest BCUT2D eigenvalue weighted by Gasteiger charge is 2.60. The average Bonchev–Trinajstić information content (AvgIpc) is 3.59. The molecule has 0 unspecified atom stereocenters. The molecule has 0 bridgehead atoms. The zero-order chi connectivity index (χ0) is 49.7. The molecule has 2 amide bonds. The number of Topliss-reactive ketones (excluding diaryl/α,β-unsaturated/α-hetero) is 2. The first-order chi connectivity index (χ1) is 30.6. The van der Waals surface area contributed by atoms with Gasteiger partial charge in [0.1, 0.15) is 30.4 Å². The number of rotatable bonds is 18. The number of aliphatic carboxylic acids is 2. The summed E-state index contributed by atoms with van der Waals surface area (Å²) in [7, 11) is 7.68. The number of fused-ring (bicyclic) bond motifs is 2. The zero-order valence-electron chi connectivity index (χ0n) is 39.2. The lowest BCUT2D eigenvalue weighted by Gasteiger charge is -2.47. The monoisotopic (exact) mass is 956 g/mol. The summed E-state index contributed by atoms with van der Waals surface area (Å²) in [4.78, 5) is 76.4. The van der Waals surface area contributed by atoms with Crippen LogP contribution < -0.4 is 10.2 Å². The van der Waals surface area contributed by atoms with Crippen molar-refractivity contribution < 1.29 is 72.8 Å². The van der Waals surface area contributed by atoms with Crippen LogP contribution in [0.5, 0.6) is 11.5 Å². The van der Waals surface area contributed by atoms with E-state index in [1.807, 2.05) is 42.0 Å². The number of phenols is 2. The summed E-state index contributed by atoms with van der Waals surface area (Å²) in [5, 5.41) is 63.2. The van der Waals surface area contributed by atoms with Crippen LogP contribution in [0.2, 0.25) is 5.02 Å². The second kappa shape index (κ2) is 20.6. The summed E-state index contributed by atoms with van der Waals surface area (Å²) in [6.07, 6.45) is -0.385. The second-order valence-corrected chi connectivity index (χ2v) is 20.0. The Hall–Kier alpha value is -5.20. The van der Waals surface area contributed by atoms with Gasteiger partial charge in [-0.15, -0.1) is 0 Å². The standard InChI is InChI=1S/C24H31ClN2O6.C24H31FN2O6.CH4/c2*1-12-16(22(24(32)33)26-21(12)19(14(3)28)23(26)31)11-27(4,5)10-6-7-18(30)15-8-9-17(29)13(2)20(15)25;/h2*8-9,12,14,19,21,28H,6-7,10-11H2,1-5H3,(H-,29,30,32,33);1H4/t2*12-,14+,19+,21+;/m00./s1. The number of hydrogen-bond acceptors (Lipinski definition) is 12. The van der Waals surface area contributed by atoms with Gasteiger partial charge in [0.2, 0.25) is 11.8 Å². The van der Waals surface area contributed by atoms with Crippen LogP contribution in [0.3, 0.4) is 0 Å². The normalized spacial score (nSPS) is 23.1. The molecule has 18 heteroatoms. The number of benzene rings is 2. The molecule has 4 aliphatic rings. The Balaban J connectivity index is 0.000000288. The van der Waals surface area contributed by atoms with Gasteiger partial charge < -0.3 is 59.0 Å². The summed E-state index contributed by atoms with van der Waals surface area (Å²) >= 11 is 6.21. The number of carbonyl (C=O) groups excluding carboxylic acids is 6. The third-order valence-electron chi connectivity index (χ3n) is 13.9. The van der Waals surface area contributed by atoms with Crippen molar-refractivity contribution >= 4 is 46.9 Å². The summed E-state index contributed by atoms with van der Waals surface area (Å²) in [6.45, 7) is 11.7.